The van der Waals surface area contributed by atoms with Crippen LogP contribution in [-0.2, 0) is 16.1 Å². The molecule has 47 heavy (non-hydrogen) atoms. The summed E-state index contributed by atoms with van der Waals surface area (Å²) in [5.41, 5.74) is 2.04. The number of carbonyl (C=O) groups excluding carboxylic acids is 2. The molecule has 0 atom stereocenters. The Kier molecular flexibility index (Phi) is 11.5. The molecular formula is C35H44Cl2N6O4. The Morgan fingerprint density at radius 2 is 1.66 bits per heavy atom. The van der Waals surface area contributed by atoms with E-state index in [4.69, 9.17) is 37.7 Å². The first-order chi connectivity index (χ1) is 22.4. The number of aromatic nitrogens is 2. The van der Waals surface area contributed by atoms with Gasteiger partial charge in [0.05, 0.1) is 11.9 Å². The second kappa shape index (κ2) is 15.5. The Morgan fingerprint density at radius 3 is 2.28 bits per heavy atom. The molecule has 252 valence electrons. The molecule has 2 aliphatic heterocycles. The lowest BCUT2D eigenvalue weighted by atomic mass is 9.93. The summed E-state index contributed by atoms with van der Waals surface area (Å²) < 4.78 is 11.8. The van der Waals surface area contributed by atoms with Gasteiger partial charge in [0.25, 0.3) is 0 Å². The van der Waals surface area contributed by atoms with Crippen LogP contribution < -0.4 is 15.0 Å². The molecule has 0 aliphatic carbocycles. The number of pyridine rings is 2. The lowest BCUT2D eigenvalue weighted by Gasteiger charge is -2.36. The maximum atomic E-state index is 12.4. The summed E-state index contributed by atoms with van der Waals surface area (Å²) in [4.78, 5) is 40.3. The summed E-state index contributed by atoms with van der Waals surface area (Å²) in [6, 6.07) is 13.2. The van der Waals surface area contributed by atoms with Crippen LogP contribution in [0.4, 0.5) is 10.6 Å². The third kappa shape index (κ3) is 10.2. The van der Waals surface area contributed by atoms with Gasteiger partial charge in [-0.05, 0) is 102 Å². The van der Waals surface area contributed by atoms with Crippen molar-refractivity contribution < 1.29 is 19.1 Å². The molecule has 0 radical (unpaired) electrons. The van der Waals surface area contributed by atoms with E-state index in [0.717, 1.165) is 49.4 Å². The van der Waals surface area contributed by atoms with E-state index in [-0.39, 0.29) is 12.0 Å². The Morgan fingerprint density at radius 1 is 0.957 bits per heavy atom. The number of hydrogen-bond acceptors (Lipinski definition) is 8. The molecule has 0 bridgehead atoms. The second-order valence-electron chi connectivity index (χ2n) is 13.1. The first kappa shape index (κ1) is 34.7. The zero-order valence-electron chi connectivity index (χ0n) is 27.6. The Bertz CT molecular complexity index is 1510. The standard InChI is InChI=1S/C35H44Cl2N6O4/c1-5-38-32(44)17-24-8-10-41(11-9-24)23-25-16-30(26-19-27(36)21-28(37)20-26)40-33(18-25)46-29-6-7-31(39-22-29)42-12-14-43(15-13-42)34(45)47-35(2,3)4/h6-7,16,18-22,24H,5,8-15,17,23H2,1-4H3,(H,38,44). The van der Waals surface area contributed by atoms with Gasteiger partial charge in [-0.1, -0.05) is 23.2 Å². The van der Waals surface area contributed by atoms with Crippen LogP contribution in [0.3, 0.4) is 0 Å². The van der Waals surface area contributed by atoms with E-state index in [1.807, 2.05) is 64.1 Å². The molecule has 5 rings (SSSR count). The lowest BCUT2D eigenvalue weighted by Crippen LogP contribution is -2.50. The van der Waals surface area contributed by atoms with Gasteiger partial charge in [-0.15, -0.1) is 0 Å². The van der Waals surface area contributed by atoms with Crippen LogP contribution in [0.1, 0.15) is 52.5 Å². The highest BCUT2D eigenvalue weighted by atomic mass is 35.5. The van der Waals surface area contributed by atoms with E-state index in [1.165, 1.54) is 0 Å². The highest BCUT2D eigenvalue weighted by Crippen LogP contribution is 2.31. The molecule has 1 N–H and O–H groups in total. The number of carbonyl (C=O) groups is 2. The number of rotatable bonds is 9. The number of piperazine rings is 1. The number of anilines is 1. The van der Waals surface area contributed by atoms with Crippen LogP contribution >= 0.6 is 23.2 Å². The first-order valence-electron chi connectivity index (χ1n) is 16.3. The Balaban J connectivity index is 1.26. The molecule has 10 nitrogen and oxygen atoms in total. The van der Waals surface area contributed by atoms with Gasteiger partial charge in [0.2, 0.25) is 11.8 Å². The molecule has 12 heteroatoms. The number of hydrogen-bond donors (Lipinski definition) is 1. The lowest BCUT2D eigenvalue weighted by molar-refractivity contribution is -0.122. The van der Waals surface area contributed by atoms with Crippen LogP contribution in [0, 0.1) is 5.92 Å². The number of nitrogens with one attached hydrogen (secondary N) is 1. The first-order valence-corrected chi connectivity index (χ1v) is 17.0. The normalized spacial score (nSPS) is 16.2. The van der Waals surface area contributed by atoms with Crippen molar-refractivity contribution in [1.82, 2.24) is 25.1 Å². The van der Waals surface area contributed by atoms with Gasteiger partial charge in [-0.2, -0.15) is 0 Å². The SMILES string of the molecule is CCNC(=O)CC1CCN(Cc2cc(Oc3ccc(N4CCN(C(=O)OC(C)(C)C)CC4)nc3)nc(-c3cc(Cl)cc(Cl)c3)c2)CC1. The molecule has 2 fully saturated rings. The predicted octanol–water partition coefficient (Wildman–Crippen LogP) is 7.04. The van der Waals surface area contributed by atoms with E-state index >= 15 is 0 Å². The van der Waals surface area contributed by atoms with E-state index < -0.39 is 5.60 Å². The van der Waals surface area contributed by atoms with Gasteiger partial charge >= 0.3 is 6.09 Å². The number of halogens is 2. The van der Waals surface area contributed by atoms with Crippen molar-refractivity contribution in [3.63, 3.8) is 0 Å². The van der Waals surface area contributed by atoms with Crippen molar-refractivity contribution >= 4 is 41.0 Å². The average Bonchev–Trinajstić information content (AvgIpc) is 3.01. The summed E-state index contributed by atoms with van der Waals surface area (Å²) in [5, 5.41) is 3.98. The smallest absolute Gasteiger partial charge is 0.410 e. The van der Waals surface area contributed by atoms with Crippen molar-refractivity contribution in [2.24, 2.45) is 5.92 Å². The predicted molar refractivity (Wildman–Crippen MR) is 185 cm³/mol. The van der Waals surface area contributed by atoms with Gasteiger partial charge < -0.3 is 24.6 Å². The number of piperidine rings is 1. The molecule has 3 aromatic rings. The molecule has 2 aromatic heterocycles. The topological polar surface area (TPSA) is 100 Å². The molecule has 0 saturated carbocycles. The Labute approximate surface area is 287 Å². The number of likely N-dealkylation sites (tertiary alicyclic amines) is 1. The van der Waals surface area contributed by atoms with Crippen molar-refractivity contribution in [1.29, 1.82) is 0 Å². The average molecular weight is 684 g/mol. The minimum absolute atomic E-state index is 0.134. The Hall–Kier alpha value is -3.60. The molecule has 2 aliphatic rings. The van der Waals surface area contributed by atoms with Crippen molar-refractivity contribution in [3.05, 3.63) is 64.3 Å². The minimum atomic E-state index is -0.520. The minimum Gasteiger partial charge on any atom is -0.444 e. The zero-order chi connectivity index (χ0) is 33.6. The highest BCUT2D eigenvalue weighted by molar-refractivity contribution is 6.35. The van der Waals surface area contributed by atoms with Gasteiger partial charge in [0.15, 0.2) is 0 Å². The quantitative estimate of drug-likeness (QED) is 0.257. The highest BCUT2D eigenvalue weighted by Gasteiger charge is 2.26. The molecule has 1 aromatic carbocycles. The second-order valence-corrected chi connectivity index (χ2v) is 14.0. The van der Waals surface area contributed by atoms with Crippen LogP contribution in [-0.4, -0.2) is 83.2 Å². The zero-order valence-corrected chi connectivity index (χ0v) is 29.1. The van der Waals surface area contributed by atoms with Crippen LogP contribution in [0.15, 0.2) is 48.7 Å². The molecule has 2 amide bonds. The van der Waals surface area contributed by atoms with E-state index in [1.54, 1.807) is 17.2 Å². The largest absolute Gasteiger partial charge is 0.444 e. The van der Waals surface area contributed by atoms with Gasteiger partial charge in [-0.3, -0.25) is 9.69 Å². The molecular weight excluding hydrogens is 639 g/mol. The van der Waals surface area contributed by atoms with E-state index in [2.05, 4.69) is 20.1 Å². The van der Waals surface area contributed by atoms with Crippen molar-refractivity contribution in [2.75, 3.05) is 50.7 Å². The summed E-state index contributed by atoms with van der Waals surface area (Å²) >= 11 is 12.7. The molecule has 4 heterocycles. The fraction of sp³-hybridized carbons (Fsp3) is 0.486. The van der Waals surface area contributed by atoms with Gasteiger partial charge in [0, 0.05) is 67.4 Å². The number of ether oxygens (including phenoxy) is 2. The summed E-state index contributed by atoms with van der Waals surface area (Å²) in [6.45, 7) is 13.2. The molecule has 2 saturated heterocycles. The van der Waals surface area contributed by atoms with Gasteiger partial charge in [0.1, 0.15) is 17.2 Å². The maximum Gasteiger partial charge on any atom is 0.410 e. The molecule has 0 spiro atoms. The summed E-state index contributed by atoms with van der Waals surface area (Å²) in [7, 11) is 0. The fourth-order valence-electron chi connectivity index (χ4n) is 5.88. The monoisotopic (exact) mass is 682 g/mol. The molecule has 0 unspecified atom stereocenters. The van der Waals surface area contributed by atoms with Crippen LogP contribution in [0.25, 0.3) is 11.3 Å². The number of amides is 2. The fourth-order valence-corrected chi connectivity index (χ4v) is 6.40. The summed E-state index contributed by atoms with van der Waals surface area (Å²) in [6.07, 6.45) is 3.96. The van der Waals surface area contributed by atoms with Crippen molar-refractivity contribution in [3.8, 4) is 22.9 Å². The van der Waals surface area contributed by atoms with E-state index in [9.17, 15) is 9.59 Å². The third-order valence-corrected chi connectivity index (χ3v) is 8.62. The van der Waals surface area contributed by atoms with Gasteiger partial charge in [-0.25, -0.2) is 14.8 Å². The number of benzene rings is 1. The van der Waals surface area contributed by atoms with E-state index in [0.29, 0.717) is 72.4 Å². The number of nitrogens with zero attached hydrogens (tertiary/aromatic N) is 5. The maximum absolute atomic E-state index is 12.4. The van der Waals surface area contributed by atoms with Crippen LogP contribution in [0.5, 0.6) is 11.6 Å². The summed E-state index contributed by atoms with van der Waals surface area (Å²) in [5.74, 6) is 2.36. The van der Waals surface area contributed by atoms with Crippen LogP contribution in [0.2, 0.25) is 10.0 Å². The van der Waals surface area contributed by atoms with Crippen molar-refractivity contribution in [2.45, 2.75) is 59.1 Å². The third-order valence-electron chi connectivity index (χ3n) is 8.18.